The van der Waals surface area contributed by atoms with E-state index in [0.717, 1.165) is 12.1 Å². The summed E-state index contributed by atoms with van der Waals surface area (Å²) in [7, 11) is 1.68. The molecule has 3 aromatic rings. The van der Waals surface area contributed by atoms with Gasteiger partial charge < -0.3 is 14.6 Å². The number of carbonyl (C=O) groups is 2. The van der Waals surface area contributed by atoms with Gasteiger partial charge in [-0.1, -0.05) is 30.1 Å². The number of likely N-dealkylation sites (tertiary alicyclic amines) is 1. The maximum Gasteiger partial charge on any atom is 0.416 e. The van der Waals surface area contributed by atoms with Crippen molar-refractivity contribution in [3.63, 3.8) is 0 Å². The number of halogens is 5. The number of hydrogen-bond acceptors (Lipinski definition) is 2. The van der Waals surface area contributed by atoms with Crippen LogP contribution in [-0.4, -0.2) is 39.5 Å². The van der Waals surface area contributed by atoms with Crippen LogP contribution in [0, 0.1) is 18.8 Å². The molecule has 4 rings (SSSR count). The number of aromatic nitrogens is 1. The normalized spacial score (nSPS) is 18.6. The lowest BCUT2D eigenvalue weighted by atomic mass is 9.86. The highest BCUT2D eigenvalue weighted by molar-refractivity contribution is 6.38. The van der Waals surface area contributed by atoms with Crippen LogP contribution in [0.5, 0.6) is 0 Å². The van der Waals surface area contributed by atoms with Gasteiger partial charge in [0.2, 0.25) is 0 Å². The minimum atomic E-state index is -4.46. The number of aryl methyl sites for hydroxylation is 2. The zero-order chi connectivity index (χ0) is 26.5. The van der Waals surface area contributed by atoms with Crippen LogP contribution in [0.1, 0.15) is 46.1 Å². The molecule has 1 aliphatic rings. The first-order valence-electron chi connectivity index (χ1n) is 11.4. The second-order valence-electron chi connectivity index (χ2n) is 9.44. The lowest BCUT2D eigenvalue weighted by Gasteiger charge is -2.35. The number of nitrogens with zero attached hydrogens (tertiary/aromatic N) is 2. The molecule has 0 radical (unpaired) electrons. The Labute approximate surface area is 216 Å². The molecule has 1 aliphatic heterocycles. The molecule has 0 bridgehead atoms. The quantitative estimate of drug-likeness (QED) is 0.406. The van der Waals surface area contributed by atoms with E-state index in [2.05, 4.69) is 0 Å². The predicted octanol–water partition coefficient (Wildman–Crippen LogP) is 6.59. The number of benzene rings is 2. The molecule has 5 nitrogen and oxygen atoms in total. The molecule has 1 N–H and O–H groups in total. The van der Waals surface area contributed by atoms with E-state index in [1.807, 2.05) is 6.07 Å². The summed E-state index contributed by atoms with van der Waals surface area (Å²) in [6.07, 6.45) is -3.89. The van der Waals surface area contributed by atoms with Crippen LogP contribution in [0.2, 0.25) is 10.0 Å². The molecule has 1 aromatic heterocycles. The fourth-order valence-corrected chi connectivity index (χ4v) is 5.55. The maximum atomic E-state index is 13.3. The minimum Gasteiger partial charge on any atom is -0.481 e. The third-order valence-corrected chi connectivity index (χ3v) is 7.87. The average Bonchev–Trinajstić information content (AvgIpc) is 3.11. The fourth-order valence-electron chi connectivity index (χ4n) is 4.97. The summed E-state index contributed by atoms with van der Waals surface area (Å²) in [5.74, 6) is -1.88. The summed E-state index contributed by atoms with van der Waals surface area (Å²) in [5.41, 5.74) is 1.67. The number of piperidine rings is 1. The van der Waals surface area contributed by atoms with Crippen molar-refractivity contribution in [2.75, 3.05) is 13.1 Å². The van der Waals surface area contributed by atoms with E-state index >= 15 is 0 Å². The molecule has 1 fully saturated rings. The number of alkyl halides is 3. The smallest absolute Gasteiger partial charge is 0.416 e. The van der Waals surface area contributed by atoms with Crippen molar-refractivity contribution >= 4 is 46.0 Å². The Morgan fingerprint density at radius 2 is 1.86 bits per heavy atom. The highest BCUT2D eigenvalue weighted by Crippen LogP contribution is 2.36. The van der Waals surface area contributed by atoms with E-state index in [0.29, 0.717) is 52.3 Å². The van der Waals surface area contributed by atoms with Crippen LogP contribution in [0.25, 0.3) is 10.9 Å². The zero-order valence-electron chi connectivity index (χ0n) is 19.9. The van der Waals surface area contributed by atoms with Gasteiger partial charge in [-0.05, 0) is 60.7 Å². The van der Waals surface area contributed by atoms with Gasteiger partial charge in [0.05, 0.1) is 22.1 Å². The van der Waals surface area contributed by atoms with E-state index in [1.54, 1.807) is 42.5 Å². The Kier molecular flexibility index (Phi) is 7.05. The molecular formula is C26H25Cl2F3N2O3. The van der Waals surface area contributed by atoms with Gasteiger partial charge in [0.15, 0.2) is 0 Å². The van der Waals surface area contributed by atoms with Crippen molar-refractivity contribution in [3.05, 3.63) is 68.3 Å². The van der Waals surface area contributed by atoms with Crippen molar-refractivity contribution < 1.29 is 27.9 Å². The Balaban J connectivity index is 1.67. The number of hydrogen-bond donors (Lipinski definition) is 1. The van der Waals surface area contributed by atoms with Gasteiger partial charge >= 0.3 is 12.1 Å². The molecule has 0 spiro atoms. The van der Waals surface area contributed by atoms with Crippen molar-refractivity contribution in [1.82, 2.24) is 9.47 Å². The van der Waals surface area contributed by atoms with Crippen molar-refractivity contribution in [2.24, 2.45) is 18.9 Å². The number of fused-ring (bicyclic) bond motifs is 1. The largest absolute Gasteiger partial charge is 0.481 e. The summed E-state index contributed by atoms with van der Waals surface area (Å²) >= 11 is 13.1. The van der Waals surface area contributed by atoms with Gasteiger partial charge in [0.1, 0.15) is 0 Å². The molecule has 2 atom stereocenters. The number of carboxylic acid groups (broad SMARTS) is 1. The van der Waals surface area contributed by atoms with E-state index < -0.39 is 23.6 Å². The van der Waals surface area contributed by atoms with Gasteiger partial charge in [-0.15, -0.1) is 0 Å². The van der Waals surface area contributed by atoms with Gasteiger partial charge in [0, 0.05) is 48.2 Å². The summed E-state index contributed by atoms with van der Waals surface area (Å²) in [6.45, 7) is 4.04. The van der Waals surface area contributed by atoms with E-state index in [4.69, 9.17) is 23.2 Å². The summed E-state index contributed by atoms with van der Waals surface area (Å²) in [5, 5.41) is 10.6. The minimum absolute atomic E-state index is 0.179. The second kappa shape index (κ2) is 9.63. The Morgan fingerprint density at radius 3 is 2.47 bits per heavy atom. The standard InChI is InChI=1S/C26H25Cl2F3N2O3/c1-13-8-15(26(29,30)31)9-22-19(13)10-16(32(22)3)11-20-21(27)5-4-18(23(20)28)24(34)33-7-6-17(25(35)36)14(2)12-33/h4-5,8-10,14,17H,6-7,11-12H2,1-3H3,(H,35,36). The first-order valence-corrected chi connectivity index (χ1v) is 12.2. The molecule has 2 aromatic carbocycles. The van der Waals surface area contributed by atoms with Crippen LogP contribution in [0.3, 0.4) is 0 Å². The van der Waals surface area contributed by atoms with Gasteiger partial charge in [-0.25, -0.2) is 0 Å². The second-order valence-corrected chi connectivity index (χ2v) is 10.2. The highest BCUT2D eigenvalue weighted by atomic mass is 35.5. The SMILES string of the molecule is Cc1cc(C(F)(F)F)cc2c1cc(Cc1c(Cl)ccc(C(=O)N3CCC(C(=O)O)C(C)C3)c1Cl)n2C. The molecule has 192 valence electrons. The molecular weight excluding hydrogens is 516 g/mol. The van der Waals surface area contributed by atoms with Crippen LogP contribution in [0.4, 0.5) is 13.2 Å². The lowest BCUT2D eigenvalue weighted by Crippen LogP contribution is -2.45. The third-order valence-electron chi connectivity index (χ3n) is 7.08. The first kappa shape index (κ1) is 26.4. The Morgan fingerprint density at radius 1 is 1.17 bits per heavy atom. The molecule has 0 saturated carbocycles. The molecule has 0 aliphatic carbocycles. The number of carbonyl (C=O) groups excluding carboxylic acids is 1. The van der Waals surface area contributed by atoms with Crippen LogP contribution in [-0.2, 0) is 24.4 Å². The molecule has 2 heterocycles. The van der Waals surface area contributed by atoms with Crippen molar-refractivity contribution in [2.45, 2.75) is 32.9 Å². The molecule has 36 heavy (non-hydrogen) atoms. The van der Waals surface area contributed by atoms with Crippen LogP contribution >= 0.6 is 23.2 Å². The first-order chi connectivity index (χ1) is 16.8. The molecule has 10 heteroatoms. The number of carboxylic acids is 1. The van der Waals surface area contributed by atoms with E-state index in [9.17, 15) is 27.9 Å². The van der Waals surface area contributed by atoms with Gasteiger partial charge in [0.25, 0.3) is 5.91 Å². The van der Waals surface area contributed by atoms with Crippen molar-refractivity contribution in [1.29, 1.82) is 0 Å². The van der Waals surface area contributed by atoms with Gasteiger partial charge in [-0.2, -0.15) is 13.2 Å². The predicted molar refractivity (Wildman–Crippen MR) is 133 cm³/mol. The lowest BCUT2D eigenvalue weighted by molar-refractivity contribution is -0.145. The van der Waals surface area contributed by atoms with Gasteiger partial charge in [-0.3, -0.25) is 9.59 Å². The van der Waals surface area contributed by atoms with Crippen molar-refractivity contribution in [3.8, 4) is 0 Å². The highest BCUT2D eigenvalue weighted by Gasteiger charge is 2.34. The topological polar surface area (TPSA) is 62.5 Å². The zero-order valence-corrected chi connectivity index (χ0v) is 21.4. The van der Waals surface area contributed by atoms with E-state index in [1.165, 1.54) is 0 Å². The number of rotatable bonds is 4. The maximum absolute atomic E-state index is 13.3. The number of amides is 1. The Hall–Kier alpha value is -2.71. The fraction of sp³-hybridized carbons (Fsp3) is 0.385. The Bertz CT molecular complexity index is 1370. The third kappa shape index (κ3) is 4.81. The summed E-state index contributed by atoms with van der Waals surface area (Å²) in [4.78, 5) is 26.3. The monoisotopic (exact) mass is 540 g/mol. The van der Waals surface area contributed by atoms with Crippen LogP contribution in [0.15, 0.2) is 30.3 Å². The average molecular weight is 541 g/mol. The number of aliphatic carboxylic acids is 1. The molecule has 1 amide bonds. The summed E-state index contributed by atoms with van der Waals surface area (Å²) < 4.78 is 41.7. The van der Waals surface area contributed by atoms with E-state index in [-0.39, 0.29) is 28.8 Å². The molecule has 1 saturated heterocycles. The molecule has 2 unspecified atom stereocenters. The summed E-state index contributed by atoms with van der Waals surface area (Å²) in [6, 6.07) is 7.19. The van der Waals surface area contributed by atoms with Crippen LogP contribution < -0.4 is 0 Å².